The Kier molecular flexibility index (Phi) is 33.0. The molecule has 11 amide bonds. The number of methoxy groups -OCH3 is 2. The van der Waals surface area contributed by atoms with Gasteiger partial charge in [0.1, 0.15) is 30.3 Å². The predicted octanol–water partition coefficient (Wildman–Crippen LogP) is 5.95. The number of hydrogen-bond donors (Lipinski definition) is 9. The Labute approximate surface area is 558 Å². The van der Waals surface area contributed by atoms with Crippen molar-refractivity contribution in [2.45, 2.75) is 212 Å². The highest BCUT2D eigenvalue weighted by Crippen LogP contribution is 2.35. The number of carbonyl (C=O) groups excluding carboxylic acids is 10. The molecular weight excluding hydrogens is 1260 g/mol. The number of primary amides is 1. The number of nitrogens with two attached hydrogens (primary N) is 1. The van der Waals surface area contributed by atoms with Crippen molar-refractivity contribution in [3.8, 4) is 0 Å². The maximum atomic E-state index is 15.0. The third kappa shape index (κ3) is 24.1. The average Bonchev–Trinajstić information content (AvgIpc) is 1.75. The van der Waals surface area contributed by atoms with E-state index in [-0.39, 0.29) is 85.5 Å². The summed E-state index contributed by atoms with van der Waals surface area (Å²) >= 11 is 3.10. The van der Waals surface area contributed by atoms with Crippen LogP contribution in [0.15, 0.2) is 54.6 Å². The number of nitrogens with zero attached hydrogens (tertiary/aromatic N) is 3. The number of likely N-dealkylation sites (tertiary alicyclic amines) is 1. The van der Waals surface area contributed by atoms with E-state index in [4.69, 9.17) is 19.9 Å². The maximum Gasteiger partial charge on any atom is 0.410 e. The SMILES string of the molecule is CO[C@H]([C@@H](C)C(=O)N[C@H](C)[C@@H](O)c1ccccc1)[C@@H]1CCCN1C(=O)C[C@@H](OC)[C@H](C1CCCCC1)N(C)C(=O)[C@@H](NC(=O)C(C)(C)N(C)C(=O)OCc1ccc(NC(=O)C(CCCNC(N)=O)NC(=O)[C@@H](NC(=O)CCCCCNC(=O)CBr)C(C)C)cc1)C(C)C. The van der Waals surface area contributed by atoms with Gasteiger partial charge >= 0.3 is 12.1 Å². The fourth-order valence-corrected chi connectivity index (χ4v) is 12.3. The molecule has 1 saturated heterocycles. The van der Waals surface area contributed by atoms with Crippen LogP contribution in [0.3, 0.4) is 0 Å². The van der Waals surface area contributed by atoms with E-state index < -0.39 is 102 Å². The number of rotatable bonds is 37. The number of benzene rings is 2. The molecule has 10 N–H and O–H groups in total. The first-order valence-electron chi connectivity index (χ1n) is 32.8. The maximum absolute atomic E-state index is 15.0. The number of aliphatic hydroxyl groups is 1. The number of nitrogens with one attached hydrogen (secondary N) is 7. The zero-order valence-corrected chi connectivity index (χ0v) is 58.3. The van der Waals surface area contributed by atoms with Crippen molar-refractivity contribution in [3.63, 3.8) is 0 Å². The number of amides is 11. The van der Waals surface area contributed by atoms with E-state index in [1.165, 1.54) is 21.3 Å². The van der Waals surface area contributed by atoms with Crippen LogP contribution < -0.4 is 43.0 Å². The molecule has 0 bridgehead atoms. The number of hydrogen-bond acceptors (Lipinski definition) is 14. The highest BCUT2D eigenvalue weighted by molar-refractivity contribution is 9.09. The summed E-state index contributed by atoms with van der Waals surface area (Å²) in [5.74, 6) is -4.57. The van der Waals surface area contributed by atoms with Gasteiger partial charge in [0, 0.05) is 60.1 Å². The van der Waals surface area contributed by atoms with Crippen LogP contribution >= 0.6 is 15.9 Å². The predicted molar refractivity (Wildman–Crippen MR) is 357 cm³/mol. The largest absolute Gasteiger partial charge is 0.445 e. The van der Waals surface area contributed by atoms with E-state index in [9.17, 15) is 53.1 Å². The van der Waals surface area contributed by atoms with Gasteiger partial charge in [0.25, 0.3) is 0 Å². The number of halogens is 1. The Balaban J connectivity index is 1.39. The summed E-state index contributed by atoms with van der Waals surface area (Å²) in [6.07, 6.45) is 5.04. The first-order valence-corrected chi connectivity index (χ1v) is 33.9. The first-order chi connectivity index (χ1) is 44.1. The van der Waals surface area contributed by atoms with Crippen LogP contribution in [0.4, 0.5) is 15.3 Å². The van der Waals surface area contributed by atoms with Crippen LogP contribution in [0.1, 0.15) is 163 Å². The van der Waals surface area contributed by atoms with Gasteiger partial charge in [0.15, 0.2) is 0 Å². The topological polar surface area (TPSA) is 339 Å². The highest BCUT2D eigenvalue weighted by Gasteiger charge is 2.46. The lowest BCUT2D eigenvalue weighted by atomic mass is 9.80. The van der Waals surface area contributed by atoms with Crippen LogP contribution in [-0.4, -0.2) is 186 Å². The Morgan fingerprint density at radius 3 is 1.97 bits per heavy atom. The molecule has 1 heterocycles. The summed E-state index contributed by atoms with van der Waals surface area (Å²) in [6.45, 7) is 14.6. The smallest absolute Gasteiger partial charge is 0.410 e. The number of aliphatic hydroxyl groups excluding tert-OH is 1. The van der Waals surface area contributed by atoms with Crippen LogP contribution in [0.5, 0.6) is 0 Å². The first kappa shape index (κ1) is 78.5. The zero-order valence-electron chi connectivity index (χ0n) is 56.7. The lowest BCUT2D eigenvalue weighted by Crippen LogP contribution is -2.62. The monoisotopic (exact) mass is 1370 g/mol. The third-order valence-corrected chi connectivity index (χ3v) is 18.5. The van der Waals surface area contributed by atoms with E-state index in [1.54, 1.807) is 94.8 Å². The molecule has 2 aromatic rings. The summed E-state index contributed by atoms with van der Waals surface area (Å²) in [4.78, 5) is 139. The van der Waals surface area contributed by atoms with Gasteiger partial charge in [-0.05, 0) is 113 Å². The molecule has 4 rings (SSSR count). The van der Waals surface area contributed by atoms with Crippen molar-refractivity contribution in [2.24, 2.45) is 29.4 Å². The Bertz CT molecular complexity index is 2750. The Hall–Kier alpha value is -6.90. The number of urea groups is 1. The minimum absolute atomic E-state index is 0.0215. The van der Waals surface area contributed by atoms with Crippen molar-refractivity contribution in [3.05, 3.63) is 65.7 Å². The van der Waals surface area contributed by atoms with Gasteiger partial charge in [-0.15, -0.1) is 0 Å². The van der Waals surface area contributed by atoms with Crippen LogP contribution in [0, 0.1) is 23.7 Å². The summed E-state index contributed by atoms with van der Waals surface area (Å²) in [5.41, 5.74) is 5.27. The Morgan fingerprint density at radius 1 is 0.720 bits per heavy atom. The van der Waals surface area contributed by atoms with E-state index in [0.29, 0.717) is 62.0 Å². The lowest BCUT2D eigenvalue weighted by molar-refractivity contribution is -0.149. The molecule has 26 heteroatoms. The van der Waals surface area contributed by atoms with Gasteiger partial charge in [0.2, 0.25) is 47.3 Å². The van der Waals surface area contributed by atoms with Gasteiger partial charge in [-0.3, -0.25) is 43.3 Å². The average molecular weight is 1370 g/mol. The normalized spacial score (nSPS) is 17.2. The van der Waals surface area contributed by atoms with E-state index >= 15 is 0 Å². The van der Waals surface area contributed by atoms with Crippen molar-refractivity contribution in [2.75, 3.05) is 58.6 Å². The molecule has 25 nitrogen and oxygen atoms in total. The summed E-state index contributed by atoms with van der Waals surface area (Å²) < 4.78 is 17.9. The molecule has 0 spiro atoms. The van der Waals surface area contributed by atoms with E-state index in [2.05, 4.69) is 53.1 Å². The molecule has 1 aliphatic carbocycles. The van der Waals surface area contributed by atoms with Gasteiger partial charge in [-0.2, -0.15) is 0 Å². The Morgan fingerprint density at radius 2 is 1.37 bits per heavy atom. The molecule has 1 unspecified atom stereocenters. The minimum Gasteiger partial charge on any atom is -0.445 e. The van der Waals surface area contributed by atoms with Crippen molar-refractivity contribution in [1.29, 1.82) is 0 Å². The summed E-state index contributed by atoms with van der Waals surface area (Å²) in [6, 6.07) is 10.1. The number of ether oxygens (including phenoxy) is 3. The number of carbonyl (C=O) groups is 10. The lowest BCUT2D eigenvalue weighted by Gasteiger charge is -2.43. The number of alkyl halides is 1. The molecule has 93 heavy (non-hydrogen) atoms. The zero-order chi connectivity index (χ0) is 69.1. The number of anilines is 1. The van der Waals surface area contributed by atoms with Gasteiger partial charge in [-0.1, -0.05) is 119 Å². The quantitative estimate of drug-likeness (QED) is 0.0279. The van der Waals surface area contributed by atoms with Gasteiger partial charge < -0.3 is 72.1 Å². The summed E-state index contributed by atoms with van der Waals surface area (Å²) in [5, 5.41) is 30.7. The second-order valence-corrected chi connectivity index (χ2v) is 26.4. The van der Waals surface area contributed by atoms with E-state index in [1.807, 2.05) is 32.0 Å². The van der Waals surface area contributed by atoms with Gasteiger partial charge in [-0.25, -0.2) is 9.59 Å². The highest BCUT2D eigenvalue weighted by atomic mass is 79.9. The molecule has 10 atom stereocenters. The molecule has 0 aromatic heterocycles. The van der Waals surface area contributed by atoms with Crippen LogP contribution in [-0.2, 0) is 59.2 Å². The van der Waals surface area contributed by atoms with Crippen LogP contribution in [0.2, 0.25) is 0 Å². The second-order valence-electron chi connectivity index (χ2n) is 25.9. The second kappa shape index (κ2) is 39.1. The van der Waals surface area contributed by atoms with E-state index in [0.717, 1.165) is 37.0 Å². The molecule has 2 aromatic carbocycles. The molecule has 0 radical (unpaired) electrons. The fraction of sp³-hybridized carbons (Fsp3) is 0.672. The third-order valence-electron chi connectivity index (χ3n) is 18.0. The standard InChI is InChI=1S/C67H106BrN11O14/c1-41(2)55(75-52(80)30-20-15-21-35-70-53(81)39-68)62(86)74-49(28-22-36-71-65(69)89)61(85)73-48-33-31-45(32-34-48)40-93-66(90)78(10)67(7,8)64(88)76-56(42(3)4)63(87)77(9)57(46-24-16-13-17-25-46)51(91-11)38-54(82)79-37-23-29-50(79)59(92-12)43(5)60(84)72-44(6)58(83)47-26-18-14-19-27-47/h14,18-19,26-27,31-34,41-44,46,49-51,55-59,83H,13,15-17,20-25,28-30,35-40H2,1-12H3,(H,70,81)(H,72,84)(H,73,85)(H,74,86)(H,75,80)(H,76,88)(H3,69,71,89)/t43-,44-,49?,50+,51-,55+,56+,57+,58-,59-/m1/s1. The molecule has 2 aliphatic rings. The minimum atomic E-state index is -1.54. The molecule has 2 fully saturated rings. The van der Waals surface area contributed by atoms with Crippen molar-refractivity contribution < 1.29 is 67.3 Å². The van der Waals surface area contributed by atoms with Gasteiger partial charge in [0.05, 0.1) is 54.1 Å². The molecule has 1 saturated carbocycles. The number of likely N-dealkylation sites (N-methyl/N-ethyl adjacent to an activating group) is 2. The molecule has 1 aliphatic heterocycles. The van der Waals surface area contributed by atoms with Crippen molar-refractivity contribution >= 4 is 81.0 Å². The number of unbranched alkanes of at least 4 members (excludes halogenated alkanes) is 2. The fourth-order valence-electron chi connectivity index (χ4n) is 12.1. The van der Waals surface area contributed by atoms with Crippen molar-refractivity contribution in [1.82, 2.24) is 46.6 Å². The molecule has 520 valence electrons. The molecular formula is C67H106BrN11O14. The summed E-state index contributed by atoms with van der Waals surface area (Å²) in [7, 11) is 6.17. The van der Waals surface area contributed by atoms with Crippen LogP contribution in [0.25, 0.3) is 0 Å².